The first-order valence-electron chi connectivity index (χ1n) is 5.26. The van der Waals surface area contributed by atoms with Crippen molar-refractivity contribution in [3.63, 3.8) is 0 Å². The lowest BCUT2D eigenvalue weighted by Gasteiger charge is -2.05. The summed E-state index contributed by atoms with van der Waals surface area (Å²) >= 11 is 0. The molecule has 0 unspecified atom stereocenters. The first kappa shape index (κ1) is 12.6. The van der Waals surface area contributed by atoms with Crippen LogP contribution in [0.3, 0.4) is 0 Å². The summed E-state index contributed by atoms with van der Waals surface area (Å²) in [4.78, 5) is 11.6. The van der Waals surface area contributed by atoms with Crippen LogP contribution in [0.15, 0.2) is 18.2 Å². The quantitative estimate of drug-likeness (QED) is 0.594. The molecular weight excluding hydrogens is 209 g/mol. The van der Waals surface area contributed by atoms with Crippen LogP contribution < -0.4 is 10.1 Å². The number of nitrogens with one attached hydrogen (secondary N) is 1. The van der Waals surface area contributed by atoms with Gasteiger partial charge >= 0.3 is 0 Å². The molecule has 0 aliphatic carbocycles. The lowest BCUT2D eigenvalue weighted by Crippen LogP contribution is -2.24. The molecule has 1 rings (SSSR count). The maximum Gasteiger partial charge on any atom is 0.179 e. The van der Waals surface area contributed by atoms with Crippen LogP contribution in [0, 0.1) is 5.82 Å². The van der Waals surface area contributed by atoms with Crippen LogP contribution in [0.2, 0.25) is 0 Å². The van der Waals surface area contributed by atoms with Crippen LogP contribution in [0.25, 0.3) is 0 Å². The van der Waals surface area contributed by atoms with Crippen molar-refractivity contribution in [2.45, 2.75) is 13.3 Å². The van der Waals surface area contributed by atoms with E-state index in [9.17, 15) is 9.18 Å². The van der Waals surface area contributed by atoms with Crippen molar-refractivity contribution in [2.24, 2.45) is 0 Å². The topological polar surface area (TPSA) is 38.3 Å². The normalized spacial score (nSPS) is 10.2. The van der Waals surface area contributed by atoms with Crippen molar-refractivity contribution in [3.8, 4) is 5.75 Å². The van der Waals surface area contributed by atoms with Crippen molar-refractivity contribution in [1.29, 1.82) is 0 Å². The molecule has 0 bridgehead atoms. The number of ketones is 1. The number of ether oxygens (including phenoxy) is 1. The summed E-state index contributed by atoms with van der Waals surface area (Å²) in [6.07, 6.45) is 0.943. The van der Waals surface area contributed by atoms with E-state index < -0.39 is 5.82 Å². The van der Waals surface area contributed by atoms with Gasteiger partial charge in [0.1, 0.15) is 11.6 Å². The van der Waals surface area contributed by atoms with E-state index in [0.29, 0.717) is 5.75 Å². The predicted molar refractivity (Wildman–Crippen MR) is 60.4 cm³/mol. The van der Waals surface area contributed by atoms with E-state index in [1.54, 1.807) is 6.07 Å². The van der Waals surface area contributed by atoms with Crippen LogP contribution in [0.4, 0.5) is 4.39 Å². The molecule has 1 aromatic rings. The molecule has 0 aromatic heterocycles. The molecule has 0 spiro atoms. The molecule has 0 heterocycles. The molecule has 3 nitrogen and oxygen atoms in total. The van der Waals surface area contributed by atoms with Gasteiger partial charge in [-0.2, -0.15) is 0 Å². The first-order valence-corrected chi connectivity index (χ1v) is 5.26. The molecule has 0 saturated heterocycles. The number of methoxy groups -OCH3 is 1. The molecule has 16 heavy (non-hydrogen) atoms. The van der Waals surface area contributed by atoms with Gasteiger partial charge < -0.3 is 10.1 Å². The third-order valence-corrected chi connectivity index (χ3v) is 2.19. The molecule has 0 fully saturated rings. The smallest absolute Gasteiger partial charge is 0.179 e. The molecular formula is C12H16FNO2. The fraction of sp³-hybridized carbons (Fsp3) is 0.417. The SMILES string of the molecule is CCCNCC(=O)c1ccc(OC)cc1F. The minimum atomic E-state index is -0.539. The second kappa shape index (κ2) is 6.23. The molecule has 0 saturated carbocycles. The zero-order valence-corrected chi connectivity index (χ0v) is 9.55. The number of carbonyl (C=O) groups is 1. The highest BCUT2D eigenvalue weighted by Crippen LogP contribution is 2.16. The van der Waals surface area contributed by atoms with Gasteiger partial charge in [-0.25, -0.2) is 4.39 Å². The van der Waals surface area contributed by atoms with Crippen LogP contribution in [0.1, 0.15) is 23.7 Å². The van der Waals surface area contributed by atoms with Gasteiger partial charge in [0, 0.05) is 6.07 Å². The maximum absolute atomic E-state index is 13.5. The first-order chi connectivity index (χ1) is 7.69. The summed E-state index contributed by atoms with van der Waals surface area (Å²) in [7, 11) is 1.46. The Morgan fingerprint density at radius 3 is 2.81 bits per heavy atom. The number of Topliss-reactive ketones (excluding diaryl/α,β-unsaturated/α-hetero) is 1. The van der Waals surface area contributed by atoms with Gasteiger partial charge in [0.05, 0.1) is 19.2 Å². The summed E-state index contributed by atoms with van der Waals surface area (Å²) in [6, 6.07) is 4.24. The molecule has 0 aliphatic rings. The Bertz CT molecular complexity index is 366. The monoisotopic (exact) mass is 225 g/mol. The average molecular weight is 225 g/mol. The van der Waals surface area contributed by atoms with E-state index >= 15 is 0 Å². The van der Waals surface area contributed by atoms with Crippen molar-refractivity contribution >= 4 is 5.78 Å². The highest BCUT2D eigenvalue weighted by molar-refractivity contribution is 5.97. The highest BCUT2D eigenvalue weighted by Gasteiger charge is 2.11. The van der Waals surface area contributed by atoms with E-state index in [1.807, 2.05) is 6.92 Å². The predicted octanol–water partition coefficient (Wildman–Crippen LogP) is 2.02. The summed E-state index contributed by atoms with van der Waals surface area (Å²) in [6.45, 7) is 2.92. The van der Waals surface area contributed by atoms with Gasteiger partial charge in [-0.3, -0.25) is 4.79 Å². The Hall–Kier alpha value is -1.42. The van der Waals surface area contributed by atoms with Gasteiger partial charge in [0.25, 0.3) is 0 Å². The number of carbonyl (C=O) groups excluding carboxylic acids is 1. The minimum absolute atomic E-state index is 0.101. The maximum atomic E-state index is 13.5. The molecule has 0 aliphatic heterocycles. The standard InChI is InChI=1S/C12H16FNO2/c1-3-6-14-8-12(15)10-5-4-9(16-2)7-11(10)13/h4-5,7,14H,3,6,8H2,1-2H3. The summed E-state index contributed by atoms with van der Waals surface area (Å²) in [5, 5.41) is 2.94. The summed E-state index contributed by atoms with van der Waals surface area (Å²) in [5.74, 6) is -0.369. The van der Waals surface area contributed by atoms with Gasteiger partial charge in [-0.15, -0.1) is 0 Å². The highest BCUT2D eigenvalue weighted by atomic mass is 19.1. The van der Waals surface area contributed by atoms with Gasteiger partial charge in [0.2, 0.25) is 0 Å². The van der Waals surface area contributed by atoms with E-state index in [4.69, 9.17) is 4.74 Å². The van der Waals surface area contributed by atoms with Gasteiger partial charge in [0.15, 0.2) is 5.78 Å². The number of hydrogen-bond donors (Lipinski definition) is 1. The third-order valence-electron chi connectivity index (χ3n) is 2.19. The Kier molecular flexibility index (Phi) is 4.92. The fourth-order valence-electron chi connectivity index (χ4n) is 1.32. The van der Waals surface area contributed by atoms with Gasteiger partial charge in [-0.05, 0) is 25.1 Å². The molecule has 0 amide bonds. The zero-order chi connectivity index (χ0) is 12.0. The fourth-order valence-corrected chi connectivity index (χ4v) is 1.32. The van der Waals surface area contributed by atoms with E-state index in [1.165, 1.54) is 19.2 Å². The average Bonchev–Trinajstić information content (AvgIpc) is 2.29. The van der Waals surface area contributed by atoms with Crippen molar-refractivity contribution in [1.82, 2.24) is 5.32 Å². The Balaban J connectivity index is 2.68. The molecule has 0 atom stereocenters. The molecule has 4 heteroatoms. The Morgan fingerprint density at radius 1 is 1.50 bits per heavy atom. The van der Waals surface area contributed by atoms with Crippen LogP contribution in [-0.4, -0.2) is 26.0 Å². The van der Waals surface area contributed by atoms with E-state index in [2.05, 4.69) is 5.32 Å². The lowest BCUT2D eigenvalue weighted by atomic mass is 10.1. The second-order valence-corrected chi connectivity index (χ2v) is 3.45. The summed E-state index contributed by atoms with van der Waals surface area (Å²) < 4.78 is 18.3. The minimum Gasteiger partial charge on any atom is -0.497 e. The third kappa shape index (κ3) is 3.31. The number of hydrogen-bond acceptors (Lipinski definition) is 3. The lowest BCUT2D eigenvalue weighted by molar-refractivity contribution is 0.0987. The zero-order valence-electron chi connectivity index (χ0n) is 9.55. The Labute approximate surface area is 94.6 Å². The van der Waals surface area contributed by atoms with Crippen molar-refractivity contribution in [3.05, 3.63) is 29.6 Å². The van der Waals surface area contributed by atoms with Crippen molar-refractivity contribution in [2.75, 3.05) is 20.2 Å². The van der Waals surface area contributed by atoms with E-state index in [-0.39, 0.29) is 17.9 Å². The van der Waals surface area contributed by atoms with Gasteiger partial charge in [-0.1, -0.05) is 6.92 Å². The molecule has 1 N–H and O–H groups in total. The van der Waals surface area contributed by atoms with Crippen LogP contribution in [0.5, 0.6) is 5.75 Å². The number of halogens is 1. The number of rotatable bonds is 6. The van der Waals surface area contributed by atoms with Crippen LogP contribution in [-0.2, 0) is 0 Å². The molecule has 88 valence electrons. The van der Waals surface area contributed by atoms with Crippen molar-refractivity contribution < 1.29 is 13.9 Å². The number of benzene rings is 1. The molecule has 0 radical (unpaired) electrons. The second-order valence-electron chi connectivity index (χ2n) is 3.45. The van der Waals surface area contributed by atoms with Crippen LogP contribution >= 0.6 is 0 Å². The largest absolute Gasteiger partial charge is 0.497 e. The molecule has 1 aromatic carbocycles. The van der Waals surface area contributed by atoms with E-state index in [0.717, 1.165) is 13.0 Å². The summed E-state index contributed by atoms with van der Waals surface area (Å²) in [5.41, 5.74) is 0.101. The Morgan fingerprint density at radius 2 is 2.25 bits per heavy atom.